The van der Waals surface area contributed by atoms with E-state index in [4.69, 9.17) is 11.6 Å². The number of rotatable bonds is 5. The Labute approximate surface area is 192 Å². The molecule has 0 unspecified atom stereocenters. The van der Waals surface area contributed by atoms with Gasteiger partial charge in [-0.05, 0) is 79.1 Å². The average molecular weight is 446 g/mol. The van der Waals surface area contributed by atoms with Gasteiger partial charge < -0.3 is 10.2 Å². The van der Waals surface area contributed by atoms with Crippen LogP contribution in [0.1, 0.15) is 16.7 Å². The molecule has 1 aliphatic heterocycles. The highest BCUT2D eigenvalue weighted by atomic mass is 35.5. The van der Waals surface area contributed by atoms with Gasteiger partial charge >= 0.3 is 0 Å². The summed E-state index contributed by atoms with van der Waals surface area (Å²) in [6, 6.07) is 20.3. The lowest BCUT2D eigenvalue weighted by Crippen LogP contribution is -2.32. The van der Waals surface area contributed by atoms with Gasteiger partial charge in [-0.3, -0.25) is 9.59 Å². The number of imide groups is 1. The summed E-state index contributed by atoms with van der Waals surface area (Å²) in [6.45, 7) is 3.89. The molecule has 3 aromatic rings. The van der Waals surface area contributed by atoms with Gasteiger partial charge in [0.05, 0.1) is 11.3 Å². The number of nitrogens with zero attached hydrogens (tertiary/aromatic N) is 2. The zero-order chi connectivity index (χ0) is 23.0. The maximum atomic E-state index is 13.5. The van der Waals surface area contributed by atoms with E-state index in [0.717, 1.165) is 22.5 Å². The van der Waals surface area contributed by atoms with Gasteiger partial charge in [-0.25, -0.2) is 4.90 Å². The monoisotopic (exact) mass is 445 g/mol. The van der Waals surface area contributed by atoms with Crippen molar-refractivity contribution in [2.45, 2.75) is 13.8 Å². The highest BCUT2D eigenvalue weighted by molar-refractivity contribution is 6.46. The Morgan fingerprint density at radius 2 is 1.41 bits per heavy atom. The number of anilines is 3. The first kappa shape index (κ1) is 21.7. The molecule has 2 amide bonds. The van der Waals surface area contributed by atoms with E-state index in [1.54, 1.807) is 24.3 Å². The minimum absolute atomic E-state index is 0.245. The van der Waals surface area contributed by atoms with E-state index in [-0.39, 0.29) is 17.5 Å². The Morgan fingerprint density at radius 3 is 1.97 bits per heavy atom. The number of aryl methyl sites for hydroxylation is 2. The highest BCUT2D eigenvalue weighted by Gasteiger charge is 2.40. The van der Waals surface area contributed by atoms with E-state index in [9.17, 15) is 9.59 Å². The van der Waals surface area contributed by atoms with Gasteiger partial charge in [-0.2, -0.15) is 0 Å². The first-order valence-electron chi connectivity index (χ1n) is 10.3. The lowest BCUT2D eigenvalue weighted by Gasteiger charge is -2.17. The van der Waals surface area contributed by atoms with Gasteiger partial charge in [-0.1, -0.05) is 29.8 Å². The summed E-state index contributed by atoms with van der Waals surface area (Å²) in [5, 5.41) is 3.76. The molecule has 0 atom stereocenters. The first-order valence-corrected chi connectivity index (χ1v) is 10.6. The van der Waals surface area contributed by atoms with Gasteiger partial charge in [0.1, 0.15) is 5.70 Å². The Bertz CT molecular complexity index is 1210. The van der Waals surface area contributed by atoms with E-state index in [0.29, 0.717) is 21.8 Å². The molecule has 3 aromatic carbocycles. The summed E-state index contributed by atoms with van der Waals surface area (Å²) in [7, 11) is 3.93. The third-order valence-electron chi connectivity index (χ3n) is 5.33. The van der Waals surface area contributed by atoms with Crippen molar-refractivity contribution in [3.05, 3.63) is 94.1 Å². The van der Waals surface area contributed by atoms with E-state index in [1.807, 2.05) is 75.3 Å². The van der Waals surface area contributed by atoms with Gasteiger partial charge in [0.2, 0.25) is 0 Å². The molecule has 0 fully saturated rings. The number of hydrogen-bond acceptors (Lipinski definition) is 4. The third-order valence-corrected chi connectivity index (χ3v) is 5.59. The average Bonchev–Trinajstić information content (AvgIpc) is 2.98. The number of halogens is 1. The van der Waals surface area contributed by atoms with Crippen LogP contribution in [0.25, 0.3) is 5.57 Å². The fraction of sp³-hybridized carbons (Fsp3) is 0.154. The minimum atomic E-state index is -0.387. The molecule has 0 bridgehead atoms. The predicted octanol–water partition coefficient (Wildman–Crippen LogP) is 5.42. The summed E-state index contributed by atoms with van der Waals surface area (Å²) < 4.78 is 0. The summed E-state index contributed by atoms with van der Waals surface area (Å²) in [4.78, 5) is 30.3. The van der Waals surface area contributed by atoms with Gasteiger partial charge in [0.25, 0.3) is 11.8 Å². The number of hydrogen-bond donors (Lipinski definition) is 1. The first-order chi connectivity index (χ1) is 15.2. The highest BCUT2D eigenvalue weighted by Crippen LogP contribution is 2.35. The molecule has 0 saturated carbocycles. The molecule has 6 heteroatoms. The predicted molar refractivity (Wildman–Crippen MR) is 131 cm³/mol. The number of benzene rings is 3. The molecular formula is C26H24ClN3O2. The van der Waals surface area contributed by atoms with Crippen molar-refractivity contribution < 1.29 is 9.59 Å². The summed E-state index contributed by atoms with van der Waals surface area (Å²) in [5.74, 6) is -0.753. The fourth-order valence-corrected chi connectivity index (χ4v) is 3.96. The van der Waals surface area contributed by atoms with Crippen LogP contribution in [-0.2, 0) is 9.59 Å². The van der Waals surface area contributed by atoms with Crippen LogP contribution in [0.4, 0.5) is 17.1 Å². The second-order valence-corrected chi connectivity index (χ2v) is 8.55. The van der Waals surface area contributed by atoms with Crippen molar-refractivity contribution in [1.82, 2.24) is 0 Å². The van der Waals surface area contributed by atoms with Crippen molar-refractivity contribution in [3.8, 4) is 0 Å². The molecule has 0 spiro atoms. The maximum Gasteiger partial charge on any atom is 0.282 e. The van der Waals surface area contributed by atoms with Crippen LogP contribution in [-0.4, -0.2) is 25.9 Å². The second kappa shape index (κ2) is 8.52. The molecule has 32 heavy (non-hydrogen) atoms. The minimum Gasteiger partial charge on any atom is -0.378 e. The molecule has 1 aliphatic rings. The van der Waals surface area contributed by atoms with Crippen molar-refractivity contribution in [1.29, 1.82) is 0 Å². The molecule has 5 nitrogen and oxygen atoms in total. The van der Waals surface area contributed by atoms with Crippen molar-refractivity contribution in [2.24, 2.45) is 0 Å². The quantitative estimate of drug-likeness (QED) is 0.533. The second-order valence-electron chi connectivity index (χ2n) is 8.11. The van der Waals surface area contributed by atoms with E-state index < -0.39 is 0 Å². The van der Waals surface area contributed by atoms with Gasteiger partial charge in [0, 0.05) is 30.5 Å². The largest absolute Gasteiger partial charge is 0.378 e. The van der Waals surface area contributed by atoms with Gasteiger partial charge in [0.15, 0.2) is 0 Å². The third kappa shape index (κ3) is 4.12. The number of amides is 2. The summed E-state index contributed by atoms with van der Waals surface area (Å²) in [6.07, 6.45) is 0. The van der Waals surface area contributed by atoms with E-state index in [2.05, 4.69) is 5.32 Å². The molecule has 4 rings (SSSR count). The SMILES string of the molecule is Cc1cc(C)cc(N2C(=O)C(Nc3ccc(N(C)C)cc3)=C(c3ccc(Cl)cc3)C2=O)c1. The van der Waals surface area contributed by atoms with Crippen LogP contribution in [0.5, 0.6) is 0 Å². The normalized spacial score (nSPS) is 13.7. The molecule has 0 radical (unpaired) electrons. The smallest absolute Gasteiger partial charge is 0.282 e. The molecule has 0 saturated heterocycles. The Morgan fingerprint density at radius 1 is 0.812 bits per heavy atom. The maximum absolute atomic E-state index is 13.5. The Balaban J connectivity index is 1.80. The number of nitrogens with one attached hydrogen (secondary N) is 1. The van der Waals surface area contributed by atoms with Crippen LogP contribution < -0.4 is 15.1 Å². The zero-order valence-corrected chi connectivity index (χ0v) is 19.2. The van der Waals surface area contributed by atoms with Crippen molar-refractivity contribution >= 4 is 46.1 Å². The Hall–Kier alpha value is -3.57. The number of carbonyl (C=O) groups is 2. The molecule has 0 aromatic heterocycles. The summed E-state index contributed by atoms with van der Waals surface area (Å²) >= 11 is 6.05. The van der Waals surface area contributed by atoms with Gasteiger partial charge in [-0.15, -0.1) is 0 Å². The van der Waals surface area contributed by atoms with E-state index >= 15 is 0 Å². The number of carbonyl (C=O) groups excluding carboxylic acids is 2. The zero-order valence-electron chi connectivity index (χ0n) is 18.4. The molecule has 1 heterocycles. The van der Waals surface area contributed by atoms with E-state index in [1.165, 1.54) is 4.90 Å². The van der Waals surface area contributed by atoms with Crippen LogP contribution in [0, 0.1) is 13.8 Å². The van der Waals surface area contributed by atoms with Crippen LogP contribution >= 0.6 is 11.6 Å². The fourth-order valence-electron chi connectivity index (χ4n) is 3.83. The lowest BCUT2D eigenvalue weighted by atomic mass is 10.0. The molecule has 162 valence electrons. The lowest BCUT2D eigenvalue weighted by molar-refractivity contribution is -0.120. The topological polar surface area (TPSA) is 52.7 Å². The van der Waals surface area contributed by atoms with Crippen LogP contribution in [0.15, 0.2) is 72.4 Å². The molecular weight excluding hydrogens is 422 g/mol. The van der Waals surface area contributed by atoms with Crippen LogP contribution in [0.2, 0.25) is 5.02 Å². The van der Waals surface area contributed by atoms with Crippen LogP contribution in [0.3, 0.4) is 0 Å². The molecule has 0 aliphatic carbocycles. The summed E-state index contributed by atoms with van der Waals surface area (Å²) in [5.41, 5.74) is 5.48. The molecule has 1 N–H and O–H groups in total. The van der Waals surface area contributed by atoms with Crippen molar-refractivity contribution in [3.63, 3.8) is 0 Å². The van der Waals surface area contributed by atoms with Crippen molar-refractivity contribution in [2.75, 3.05) is 29.2 Å². The Kier molecular flexibility index (Phi) is 5.76. The standard InChI is InChI=1S/C26H24ClN3O2/c1-16-13-17(2)15-22(14-16)30-25(31)23(18-5-7-19(27)8-6-18)24(26(30)32)28-20-9-11-21(12-10-20)29(3)4/h5-15,28H,1-4H3.